The first-order chi connectivity index (χ1) is 13.0. The van der Waals surface area contributed by atoms with Gasteiger partial charge in [0.2, 0.25) is 5.91 Å². The lowest BCUT2D eigenvalue weighted by atomic mass is 9.75. The van der Waals surface area contributed by atoms with E-state index in [1.54, 1.807) is 7.11 Å². The summed E-state index contributed by atoms with van der Waals surface area (Å²) in [6.45, 7) is 4.79. The van der Waals surface area contributed by atoms with E-state index in [0.29, 0.717) is 12.5 Å². The molecule has 2 aromatic rings. The van der Waals surface area contributed by atoms with Gasteiger partial charge in [0.25, 0.3) is 0 Å². The van der Waals surface area contributed by atoms with E-state index in [4.69, 9.17) is 4.74 Å². The smallest absolute Gasteiger partial charge is 0.223 e. The molecule has 0 aliphatic heterocycles. The normalized spacial score (nSPS) is 19.5. The number of hydrogen-bond acceptors (Lipinski definition) is 2. The monoisotopic (exact) mass is 365 g/mol. The average molecular weight is 366 g/mol. The molecule has 3 rings (SSSR count). The molecule has 0 aromatic heterocycles. The van der Waals surface area contributed by atoms with Crippen LogP contribution in [0.2, 0.25) is 0 Å². The molecule has 0 heterocycles. The van der Waals surface area contributed by atoms with Crippen molar-refractivity contribution < 1.29 is 9.53 Å². The predicted molar refractivity (Wildman–Crippen MR) is 110 cm³/mol. The van der Waals surface area contributed by atoms with Gasteiger partial charge in [0.15, 0.2) is 0 Å². The van der Waals surface area contributed by atoms with Gasteiger partial charge in [-0.15, -0.1) is 0 Å². The van der Waals surface area contributed by atoms with Crippen LogP contribution < -0.4 is 10.1 Å². The van der Waals surface area contributed by atoms with Crippen LogP contribution in [0.3, 0.4) is 0 Å². The molecule has 3 nitrogen and oxygen atoms in total. The van der Waals surface area contributed by atoms with E-state index >= 15 is 0 Å². The van der Waals surface area contributed by atoms with Crippen molar-refractivity contribution >= 4 is 5.91 Å². The summed E-state index contributed by atoms with van der Waals surface area (Å²) in [5, 5.41) is 3.17. The van der Waals surface area contributed by atoms with Gasteiger partial charge >= 0.3 is 0 Å². The van der Waals surface area contributed by atoms with Gasteiger partial charge in [-0.1, -0.05) is 48.7 Å². The van der Waals surface area contributed by atoms with Crippen molar-refractivity contribution in [2.75, 3.05) is 7.11 Å². The van der Waals surface area contributed by atoms with Gasteiger partial charge in [0, 0.05) is 12.5 Å². The molecule has 3 heteroatoms. The number of nitrogens with one attached hydrogen (secondary N) is 1. The molecule has 0 spiro atoms. The van der Waals surface area contributed by atoms with Gasteiger partial charge in [-0.2, -0.15) is 0 Å². The van der Waals surface area contributed by atoms with Crippen molar-refractivity contribution in [3.8, 4) is 5.75 Å². The van der Waals surface area contributed by atoms with E-state index in [1.807, 2.05) is 0 Å². The van der Waals surface area contributed by atoms with Crippen molar-refractivity contribution in [3.05, 3.63) is 64.7 Å². The van der Waals surface area contributed by atoms with Crippen LogP contribution in [0.5, 0.6) is 5.75 Å². The predicted octanol–water partition coefficient (Wildman–Crippen LogP) is 4.98. The van der Waals surface area contributed by atoms with Crippen molar-refractivity contribution in [1.82, 2.24) is 5.32 Å². The Morgan fingerprint density at radius 1 is 1.00 bits per heavy atom. The minimum absolute atomic E-state index is 0.107. The third-order valence-corrected chi connectivity index (χ3v) is 5.68. The molecule has 1 fully saturated rings. The molecule has 1 amide bonds. The van der Waals surface area contributed by atoms with E-state index in [-0.39, 0.29) is 11.8 Å². The van der Waals surface area contributed by atoms with Crippen LogP contribution >= 0.6 is 0 Å². The van der Waals surface area contributed by atoms with E-state index in [9.17, 15) is 4.79 Å². The highest BCUT2D eigenvalue weighted by atomic mass is 16.5. The van der Waals surface area contributed by atoms with E-state index in [1.165, 1.54) is 23.1 Å². The summed E-state index contributed by atoms with van der Waals surface area (Å²) >= 11 is 0. The van der Waals surface area contributed by atoms with Crippen LogP contribution in [-0.4, -0.2) is 13.0 Å². The van der Waals surface area contributed by atoms with Gasteiger partial charge in [0.1, 0.15) is 5.75 Å². The number of rotatable bonds is 6. The lowest BCUT2D eigenvalue weighted by Crippen LogP contribution is -2.37. The van der Waals surface area contributed by atoms with Crippen LogP contribution in [0.1, 0.15) is 47.9 Å². The molecule has 0 radical (unpaired) electrons. The van der Waals surface area contributed by atoms with Crippen molar-refractivity contribution in [2.24, 2.45) is 11.8 Å². The Bertz CT molecular complexity index is 766. The first kappa shape index (κ1) is 19.5. The molecule has 27 heavy (non-hydrogen) atoms. The molecule has 2 unspecified atom stereocenters. The maximum atomic E-state index is 12.9. The zero-order valence-electron chi connectivity index (χ0n) is 16.8. The first-order valence-corrected chi connectivity index (χ1v) is 10.0. The Labute approximate surface area is 163 Å². The number of carbonyl (C=O) groups excluding carboxylic acids is 1. The second-order valence-electron chi connectivity index (χ2n) is 7.92. The topological polar surface area (TPSA) is 38.3 Å². The second kappa shape index (κ2) is 9.07. The lowest BCUT2D eigenvalue weighted by molar-refractivity contribution is -0.127. The van der Waals surface area contributed by atoms with E-state index in [0.717, 1.165) is 37.0 Å². The second-order valence-corrected chi connectivity index (χ2v) is 7.92. The molecule has 1 aliphatic rings. The standard InChI is InChI=1S/C24H31NO2/c1-17-8-10-19(11-9-17)16-25-24(26)23-7-5-4-6-21(23)14-20-12-18(2)13-22(15-20)27-3/h8-13,15,21,23H,4-7,14,16H2,1-3H3,(H,25,26). The van der Waals surface area contributed by atoms with Crippen molar-refractivity contribution in [2.45, 2.75) is 52.5 Å². The molecule has 1 N–H and O–H groups in total. The number of hydrogen-bond donors (Lipinski definition) is 1. The van der Waals surface area contributed by atoms with Crippen LogP contribution in [0.4, 0.5) is 0 Å². The molecule has 0 bridgehead atoms. The number of carbonyl (C=O) groups is 1. The lowest BCUT2D eigenvalue weighted by Gasteiger charge is -2.31. The fourth-order valence-corrected chi connectivity index (χ4v) is 4.19. The van der Waals surface area contributed by atoms with E-state index < -0.39 is 0 Å². The fraction of sp³-hybridized carbons (Fsp3) is 0.458. The zero-order valence-corrected chi connectivity index (χ0v) is 16.8. The third kappa shape index (κ3) is 5.35. The van der Waals surface area contributed by atoms with Gasteiger partial charge in [-0.3, -0.25) is 4.79 Å². The van der Waals surface area contributed by atoms with Crippen LogP contribution in [-0.2, 0) is 17.8 Å². The Morgan fingerprint density at radius 2 is 1.74 bits per heavy atom. The first-order valence-electron chi connectivity index (χ1n) is 10.0. The number of ether oxygens (including phenoxy) is 1. The Balaban J connectivity index is 1.64. The molecular formula is C24H31NO2. The Kier molecular flexibility index (Phi) is 6.54. The largest absolute Gasteiger partial charge is 0.497 e. The molecule has 144 valence electrons. The summed E-state index contributed by atoms with van der Waals surface area (Å²) in [5.74, 6) is 1.63. The van der Waals surface area contributed by atoms with Gasteiger partial charge in [0.05, 0.1) is 7.11 Å². The molecular weight excluding hydrogens is 334 g/mol. The van der Waals surface area contributed by atoms with Crippen LogP contribution in [0, 0.1) is 25.7 Å². The quantitative estimate of drug-likeness (QED) is 0.784. The molecule has 2 aromatic carbocycles. The summed E-state index contributed by atoms with van der Waals surface area (Å²) in [6, 6.07) is 14.8. The molecule has 1 saturated carbocycles. The molecule has 0 saturated heterocycles. The average Bonchev–Trinajstić information content (AvgIpc) is 2.67. The number of aryl methyl sites for hydroxylation is 2. The van der Waals surface area contributed by atoms with Crippen molar-refractivity contribution in [1.29, 1.82) is 0 Å². The Morgan fingerprint density at radius 3 is 2.48 bits per heavy atom. The van der Waals surface area contributed by atoms with Gasteiger partial charge < -0.3 is 10.1 Å². The summed E-state index contributed by atoms with van der Waals surface area (Å²) in [5.41, 5.74) is 4.88. The number of benzene rings is 2. The summed E-state index contributed by atoms with van der Waals surface area (Å²) in [6.07, 6.45) is 5.43. The maximum Gasteiger partial charge on any atom is 0.223 e. The molecule has 1 aliphatic carbocycles. The highest BCUT2D eigenvalue weighted by molar-refractivity contribution is 5.79. The fourth-order valence-electron chi connectivity index (χ4n) is 4.19. The SMILES string of the molecule is COc1cc(C)cc(CC2CCCCC2C(=O)NCc2ccc(C)cc2)c1. The highest BCUT2D eigenvalue weighted by Crippen LogP contribution is 2.33. The van der Waals surface area contributed by atoms with Crippen LogP contribution in [0.15, 0.2) is 42.5 Å². The third-order valence-electron chi connectivity index (χ3n) is 5.68. The Hall–Kier alpha value is -2.29. The summed E-state index contributed by atoms with van der Waals surface area (Å²) < 4.78 is 5.42. The minimum atomic E-state index is 0.107. The maximum absolute atomic E-state index is 12.9. The number of methoxy groups -OCH3 is 1. The zero-order chi connectivity index (χ0) is 19.2. The molecule has 2 atom stereocenters. The number of amides is 1. The van der Waals surface area contributed by atoms with E-state index in [2.05, 4.69) is 61.6 Å². The van der Waals surface area contributed by atoms with Gasteiger partial charge in [-0.25, -0.2) is 0 Å². The van der Waals surface area contributed by atoms with Gasteiger partial charge in [-0.05, 0) is 67.9 Å². The van der Waals surface area contributed by atoms with Crippen molar-refractivity contribution in [3.63, 3.8) is 0 Å². The highest BCUT2D eigenvalue weighted by Gasteiger charge is 2.30. The summed E-state index contributed by atoms with van der Waals surface area (Å²) in [7, 11) is 1.71. The minimum Gasteiger partial charge on any atom is -0.497 e. The summed E-state index contributed by atoms with van der Waals surface area (Å²) in [4.78, 5) is 12.9. The van der Waals surface area contributed by atoms with Crippen LogP contribution in [0.25, 0.3) is 0 Å².